The van der Waals surface area contributed by atoms with Gasteiger partial charge in [0.2, 0.25) is 5.91 Å². The van der Waals surface area contributed by atoms with E-state index in [-0.39, 0.29) is 5.78 Å². The van der Waals surface area contributed by atoms with Crippen molar-refractivity contribution in [3.63, 3.8) is 0 Å². The van der Waals surface area contributed by atoms with Crippen molar-refractivity contribution < 1.29 is 29.6 Å². The van der Waals surface area contributed by atoms with Crippen molar-refractivity contribution in [3.8, 4) is 0 Å². The lowest BCUT2D eigenvalue weighted by Crippen LogP contribution is -2.65. The number of carbonyl (C=O) groups is 2. The monoisotopic (exact) mass is 350 g/mol. The molecule has 1 fully saturated rings. The van der Waals surface area contributed by atoms with Crippen LogP contribution in [-0.4, -0.2) is 64.2 Å². The molecule has 8 nitrogen and oxygen atoms in total. The highest BCUT2D eigenvalue weighted by Gasteiger charge is 2.44. The van der Waals surface area contributed by atoms with Crippen molar-refractivity contribution in [1.82, 2.24) is 5.32 Å². The Morgan fingerprint density at radius 1 is 1.24 bits per heavy atom. The molecule has 1 amide bonds. The summed E-state index contributed by atoms with van der Waals surface area (Å²) >= 11 is 0. The summed E-state index contributed by atoms with van der Waals surface area (Å²) in [6, 6.07) is 5.53. The zero-order valence-electron chi connectivity index (χ0n) is 13.8. The molecule has 0 saturated carbocycles. The Labute approximate surface area is 145 Å². The molecular weight excluding hydrogens is 328 g/mol. The molecule has 0 aromatic heterocycles. The zero-order valence-corrected chi connectivity index (χ0v) is 13.8. The van der Waals surface area contributed by atoms with E-state index in [0.29, 0.717) is 11.3 Å². The second-order valence-electron chi connectivity index (χ2n) is 5.78. The van der Waals surface area contributed by atoms with Crippen LogP contribution in [0.15, 0.2) is 36.9 Å². The van der Waals surface area contributed by atoms with E-state index < -0.39 is 43.1 Å². The molecule has 0 spiro atoms. The lowest BCUT2D eigenvalue weighted by molar-refractivity contribution is -0.188. The lowest BCUT2D eigenvalue weighted by atomic mass is 9.95. The van der Waals surface area contributed by atoms with Gasteiger partial charge in [0.1, 0.15) is 24.4 Å². The van der Waals surface area contributed by atoms with Gasteiger partial charge in [-0.15, -0.1) is 0 Å². The highest BCUT2D eigenvalue weighted by atomic mass is 16.5. The summed E-state index contributed by atoms with van der Waals surface area (Å²) in [5.74, 6) is -0.614. The Bertz CT molecular complexity index is 633. The van der Waals surface area contributed by atoms with E-state index >= 15 is 0 Å². The average Bonchev–Trinajstić information content (AvgIpc) is 2.60. The molecule has 8 heteroatoms. The maximum atomic E-state index is 11.5. The van der Waals surface area contributed by atoms with Crippen molar-refractivity contribution in [2.75, 3.05) is 11.9 Å². The van der Waals surface area contributed by atoms with Crippen molar-refractivity contribution >= 4 is 17.4 Å². The topological polar surface area (TPSA) is 128 Å². The van der Waals surface area contributed by atoms with Crippen molar-refractivity contribution in [1.29, 1.82) is 0 Å². The molecule has 1 heterocycles. The van der Waals surface area contributed by atoms with Gasteiger partial charge in [-0.1, -0.05) is 6.58 Å². The van der Waals surface area contributed by atoms with Gasteiger partial charge in [0.05, 0.1) is 6.61 Å². The first-order chi connectivity index (χ1) is 11.9. The largest absolute Gasteiger partial charge is 0.394 e. The quantitative estimate of drug-likeness (QED) is 0.343. The fourth-order valence-electron chi connectivity index (χ4n) is 2.65. The maximum absolute atomic E-state index is 11.5. The van der Waals surface area contributed by atoms with E-state index in [2.05, 4.69) is 17.2 Å². The first-order valence-corrected chi connectivity index (χ1v) is 7.80. The fraction of sp³-hybridized carbons (Fsp3) is 0.412. The van der Waals surface area contributed by atoms with Crippen LogP contribution in [0.5, 0.6) is 0 Å². The van der Waals surface area contributed by atoms with Crippen LogP contribution in [0.1, 0.15) is 17.3 Å². The normalized spacial score (nSPS) is 28.9. The Balaban J connectivity index is 2.19. The second kappa shape index (κ2) is 8.21. The molecule has 136 valence electrons. The van der Waals surface area contributed by atoms with Crippen LogP contribution in [0.2, 0.25) is 0 Å². The minimum absolute atomic E-state index is 0.213. The van der Waals surface area contributed by atoms with E-state index in [4.69, 9.17) is 4.74 Å². The summed E-state index contributed by atoms with van der Waals surface area (Å²) in [5, 5.41) is 35.0. The van der Waals surface area contributed by atoms with Crippen LogP contribution in [0.25, 0.3) is 0 Å². The number of hydrogen-bond acceptors (Lipinski definition) is 7. The van der Waals surface area contributed by atoms with Gasteiger partial charge >= 0.3 is 0 Å². The molecular formula is C17H22N2O6. The number of amides is 1. The van der Waals surface area contributed by atoms with E-state index in [1.54, 1.807) is 24.3 Å². The number of hydrogen-bond donors (Lipinski definition) is 5. The SMILES string of the molecule is C=CC(=O)c1ccc(N[C@@H]2O[C@H](CO)[C@@H](O)[C@H](O)[C@H]2NC(C)=O)cc1. The molecule has 1 aliphatic heterocycles. The number of carbonyl (C=O) groups excluding carboxylic acids is 2. The van der Waals surface area contributed by atoms with Crippen LogP contribution >= 0.6 is 0 Å². The molecule has 5 atom stereocenters. The average molecular weight is 350 g/mol. The number of aliphatic hydroxyl groups is 3. The van der Waals surface area contributed by atoms with Gasteiger partial charge in [-0.3, -0.25) is 9.59 Å². The van der Waals surface area contributed by atoms with Gasteiger partial charge in [-0.25, -0.2) is 0 Å². The van der Waals surface area contributed by atoms with Crippen LogP contribution in [-0.2, 0) is 9.53 Å². The van der Waals surface area contributed by atoms with Gasteiger partial charge in [-0.2, -0.15) is 0 Å². The van der Waals surface area contributed by atoms with Gasteiger partial charge in [-0.05, 0) is 30.3 Å². The Morgan fingerprint density at radius 3 is 2.40 bits per heavy atom. The molecule has 0 aliphatic carbocycles. The van der Waals surface area contributed by atoms with Crippen molar-refractivity contribution in [2.24, 2.45) is 0 Å². The van der Waals surface area contributed by atoms with E-state index in [0.717, 1.165) is 0 Å². The van der Waals surface area contributed by atoms with Crippen LogP contribution < -0.4 is 10.6 Å². The minimum Gasteiger partial charge on any atom is -0.394 e. The smallest absolute Gasteiger partial charge is 0.217 e. The highest BCUT2D eigenvalue weighted by molar-refractivity contribution is 6.04. The summed E-state index contributed by atoms with van der Waals surface area (Å²) in [6.45, 7) is 4.21. The third-order valence-electron chi connectivity index (χ3n) is 3.96. The Kier molecular flexibility index (Phi) is 6.27. The standard InChI is InChI=1S/C17H22N2O6/c1-3-12(22)10-4-6-11(7-5-10)19-17-14(18-9(2)21)16(24)15(23)13(8-20)25-17/h3-7,13-17,19-20,23-24H,1,8H2,2H3,(H,18,21)/t13-,14-,15-,16-,17-/m1/s1. The number of nitrogens with one attached hydrogen (secondary N) is 2. The van der Waals surface area contributed by atoms with Crippen LogP contribution in [0.3, 0.4) is 0 Å². The molecule has 1 aliphatic rings. The third kappa shape index (κ3) is 4.43. The van der Waals surface area contributed by atoms with Gasteiger partial charge in [0, 0.05) is 18.2 Å². The molecule has 0 radical (unpaired) electrons. The number of benzene rings is 1. The summed E-state index contributed by atoms with van der Waals surface area (Å²) in [7, 11) is 0. The molecule has 0 unspecified atom stereocenters. The number of ether oxygens (including phenoxy) is 1. The first-order valence-electron chi connectivity index (χ1n) is 7.80. The molecule has 25 heavy (non-hydrogen) atoms. The van der Waals surface area contributed by atoms with Crippen molar-refractivity contribution in [3.05, 3.63) is 42.5 Å². The highest BCUT2D eigenvalue weighted by Crippen LogP contribution is 2.23. The van der Waals surface area contributed by atoms with Crippen LogP contribution in [0.4, 0.5) is 5.69 Å². The predicted molar refractivity (Wildman–Crippen MR) is 90.0 cm³/mol. The molecule has 0 bridgehead atoms. The number of ketones is 1. The summed E-state index contributed by atoms with van der Waals surface area (Å²) in [5.41, 5.74) is 1.04. The number of aliphatic hydroxyl groups excluding tert-OH is 3. The number of rotatable bonds is 6. The van der Waals surface area contributed by atoms with Gasteiger partial charge in [0.15, 0.2) is 12.0 Å². The predicted octanol–water partition coefficient (Wildman–Crippen LogP) is -0.589. The Hall–Kier alpha value is -2.26. The number of anilines is 1. The van der Waals surface area contributed by atoms with Crippen LogP contribution in [0, 0.1) is 0 Å². The third-order valence-corrected chi connectivity index (χ3v) is 3.96. The molecule has 1 aromatic rings. The zero-order chi connectivity index (χ0) is 18.6. The maximum Gasteiger partial charge on any atom is 0.217 e. The summed E-state index contributed by atoms with van der Waals surface area (Å²) in [6.07, 6.45) is -3.34. The molecule has 1 aromatic carbocycles. The van der Waals surface area contributed by atoms with E-state index in [1.165, 1.54) is 13.0 Å². The number of allylic oxidation sites excluding steroid dienone is 1. The first kappa shape index (κ1) is 19.1. The fourth-order valence-corrected chi connectivity index (χ4v) is 2.65. The molecule has 5 N–H and O–H groups in total. The minimum atomic E-state index is -1.34. The lowest BCUT2D eigenvalue weighted by Gasteiger charge is -2.43. The molecule has 2 rings (SSSR count). The van der Waals surface area contributed by atoms with Crippen molar-refractivity contribution in [2.45, 2.75) is 37.5 Å². The Morgan fingerprint density at radius 2 is 1.88 bits per heavy atom. The second-order valence-corrected chi connectivity index (χ2v) is 5.78. The van der Waals surface area contributed by atoms with Gasteiger partial charge in [0.25, 0.3) is 0 Å². The van der Waals surface area contributed by atoms with E-state index in [9.17, 15) is 24.9 Å². The van der Waals surface area contributed by atoms with E-state index in [1.807, 2.05) is 0 Å². The summed E-state index contributed by atoms with van der Waals surface area (Å²) in [4.78, 5) is 22.9. The van der Waals surface area contributed by atoms with Gasteiger partial charge < -0.3 is 30.7 Å². The molecule has 1 saturated heterocycles. The summed E-state index contributed by atoms with van der Waals surface area (Å²) < 4.78 is 5.57.